The second-order valence-electron chi connectivity index (χ2n) is 5.83. The van der Waals surface area contributed by atoms with Crippen LogP contribution in [-0.4, -0.2) is 29.6 Å². The quantitative estimate of drug-likeness (QED) is 0.608. The van der Waals surface area contributed by atoms with E-state index in [0.29, 0.717) is 23.1 Å². The van der Waals surface area contributed by atoms with Gasteiger partial charge in [0, 0.05) is 12.1 Å². The van der Waals surface area contributed by atoms with Gasteiger partial charge in [-0.1, -0.05) is 18.2 Å². The van der Waals surface area contributed by atoms with Gasteiger partial charge in [0.1, 0.15) is 18.1 Å². The Morgan fingerprint density at radius 3 is 2.67 bits per heavy atom. The fraction of sp³-hybridized carbons (Fsp3) is 0.200. The zero-order valence-corrected chi connectivity index (χ0v) is 15.8. The number of thiocarbonyl (C=S) groups is 1. The molecule has 0 bridgehead atoms. The maximum absolute atomic E-state index is 13.7. The van der Waals surface area contributed by atoms with Gasteiger partial charge < -0.3 is 14.8 Å². The van der Waals surface area contributed by atoms with Gasteiger partial charge in [-0.3, -0.25) is 9.69 Å². The molecule has 1 fully saturated rings. The number of methoxy groups -OCH3 is 1. The number of amides is 1. The Balaban J connectivity index is 1.84. The van der Waals surface area contributed by atoms with E-state index in [4.69, 9.17) is 21.7 Å². The second-order valence-corrected chi connectivity index (χ2v) is 6.21. The Kier molecular flexibility index (Phi) is 5.71. The number of halogens is 1. The summed E-state index contributed by atoms with van der Waals surface area (Å²) >= 11 is 5.16. The molecule has 1 amide bonds. The number of carbonyl (C=O) groups excluding carboxylic acids is 1. The van der Waals surface area contributed by atoms with Crippen molar-refractivity contribution in [1.82, 2.24) is 10.2 Å². The summed E-state index contributed by atoms with van der Waals surface area (Å²) in [4.78, 5) is 13.8. The molecule has 0 radical (unpaired) electrons. The number of carbonyl (C=O) groups is 1. The number of hydrogen-bond acceptors (Lipinski definition) is 4. The van der Waals surface area contributed by atoms with Crippen molar-refractivity contribution >= 4 is 29.3 Å². The summed E-state index contributed by atoms with van der Waals surface area (Å²) in [7, 11) is 1.56. The lowest BCUT2D eigenvalue weighted by Gasteiger charge is -2.12. The molecule has 27 heavy (non-hydrogen) atoms. The van der Waals surface area contributed by atoms with Crippen LogP contribution in [0.2, 0.25) is 0 Å². The Morgan fingerprint density at radius 2 is 2.00 bits per heavy atom. The summed E-state index contributed by atoms with van der Waals surface area (Å²) in [6.45, 7) is 2.49. The molecule has 0 aromatic heterocycles. The summed E-state index contributed by atoms with van der Waals surface area (Å²) in [6.07, 6.45) is 1.72. The first kappa shape index (κ1) is 18.8. The molecule has 1 aliphatic rings. The van der Waals surface area contributed by atoms with Gasteiger partial charge in [0.2, 0.25) is 0 Å². The number of nitrogens with one attached hydrogen (secondary N) is 1. The molecule has 1 saturated heterocycles. The van der Waals surface area contributed by atoms with Crippen LogP contribution in [0.4, 0.5) is 4.39 Å². The summed E-state index contributed by atoms with van der Waals surface area (Å²) in [6, 6.07) is 11.6. The predicted octanol–water partition coefficient (Wildman–Crippen LogP) is 3.49. The standard InChI is InChI=1S/C20H19FN2O3S/c1-3-23-19(24)16(22-20(23)27)11-13-8-9-17(25-2)14(10-13)12-26-18-7-5-4-6-15(18)21/h4-11H,3,12H2,1-2H3,(H,22,27)/b16-11+. The Bertz CT molecular complexity index is 914. The number of ether oxygens (including phenoxy) is 2. The number of hydrogen-bond donors (Lipinski definition) is 1. The highest BCUT2D eigenvalue weighted by Gasteiger charge is 2.29. The van der Waals surface area contributed by atoms with Crippen molar-refractivity contribution in [3.8, 4) is 11.5 Å². The zero-order valence-electron chi connectivity index (χ0n) is 15.0. The van der Waals surface area contributed by atoms with Crippen LogP contribution in [0.1, 0.15) is 18.1 Å². The highest BCUT2D eigenvalue weighted by atomic mass is 32.1. The fourth-order valence-corrected chi connectivity index (χ4v) is 3.07. The summed E-state index contributed by atoms with van der Waals surface area (Å²) in [5, 5.41) is 3.32. The maximum atomic E-state index is 13.7. The lowest BCUT2D eigenvalue weighted by atomic mass is 10.1. The predicted molar refractivity (Wildman–Crippen MR) is 105 cm³/mol. The van der Waals surface area contributed by atoms with Crippen molar-refractivity contribution in [2.75, 3.05) is 13.7 Å². The molecule has 0 spiro atoms. The van der Waals surface area contributed by atoms with Crippen molar-refractivity contribution in [1.29, 1.82) is 0 Å². The lowest BCUT2D eigenvalue weighted by Crippen LogP contribution is -2.30. The van der Waals surface area contributed by atoms with Crippen molar-refractivity contribution in [2.45, 2.75) is 13.5 Å². The van der Waals surface area contributed by atoms with Gasteiger partial charge in [-0.2, -0.15) is 0 Å². The van der Waals surface area contributed by atoms with Crippen LogP contribution in [0.3, 0.4) is 0 Å². The van der Waals surface area contributed by atoms with Crippen molar-refractivity contribution in [2.24, 2.45) is 0 Å². The van der Waals surface area contributed by atoms with Crippen LogP contribution < -0.4 is 14.8 Å². The van der Waals surface area contributed by atoms with Crippen molar-refractivity contribution in [3.05, 3.63) is 65.1 Å². The Labute approximate surface area is 162 Å². The van der Waals surface area contributed by atoms with Crippen molar-refractivity contribution in [3.63, 3.8) is 0 Å². The van der Waals surface area contributed by atoms with Gasteiger partial charge in [0.25, 0.3) is 5.91 Å². The summed E-state index contributed by atoms with van der Waals surface area (Å²) in [5.41, 5.74) is 1.92. The van der Waals surface area contributed by atoms with E-state index in [-0.39, 0.29) is 18.3 Å². The molecule has 0 atom stereocenters. The van der Waals surface area contributed by atoms with Gasteiger partial charge in [-0.15, -0.1) is 0 Å². The molecule has 1 aliphatic heterocycles. The second kappa shape index (κ2) is 8.18. The fourth-order valence-electron chi connectivity index (χ4n) is 2.74. The smallest absolute Gasteiger partial charge is 0.276 e. The molecule has 0 aliphatic carbocycles. The van der Waals surface area contributed by atoms with E-state index in [1.54, 1.807) is 37.5 Å². The minimum absolute atomic E-state index is 0.127. The van der Waals surface area contributed by atoms with E-state index in [2.05, 4.69) is 5.32 Å². The van der Waals surface area contributed by atoms with Crippen LogP contribution in [0, 0.1) is 5.82 Å². The first-order chi connectivity index (χ1) is 13.0. The molecular weight excluding hydrogens is 367 g/mol. The van der Waals surface area contributed by atoms with E-state index in [9.17, 15) is 9.18 Å². The third-order valence-corrected chi connectivity index (χ3v) is 4.44. The van der Waals surface area contributed by atoms with Crippen LogP contribution in [0.5, 0.6) is 11.5 Å². The highest BCUT2D eigenvalue weighted by molar-refractivity contribution is 7.80. The van der Waals surface area contributed by atoms with E-state index in [1.807, 2.05) is 19.1 Å². The molecular formula is C20H19FN2O3S. The molecule has 0 saturated carbocycles. The van der Waals surface area contributed by atoms with Crippen LogP contribution in [0.15, 0.2) is 48.2 Å². The molecule has 2 aromatic carbocycles. The molecule has 3 rings (SSSR count). The van der Waals surface area contributed by atoms with Crippen LogP contribution in [-0.2, 0) is 11.4 Å². The van der Waals surface area contributed by atoms with Gasteiger partial charge >= 0.3 is 0 Å². The molecule has 5 nitrogen and oxygen atoms in total. The number of rotatable bonds is 6. The minimum atomic E-state index is -0.427. The topological polar surface area (TPSA) is 50.8 Å². The molecule has 1 heterocycles. The summed E-state index contributed by atoms with van der Waals surface area (Å²) in [5.74, 6) is 0.191. The SMILES string of the molecule is CCN1C(=O)/C(=C\c2ccc(OC)c(COc3ccccc3F)c2)NC1=S. The van der Waals surface area contributed by atoms with Crippen LogP contribution in [0.25, 0.3) is 6.08 Å². The normalized spacial score (nSPS) is 15.2. The zero-order chi connectivity index (χ0) is 19.4. The van der Waals surface area contributed by atoms with E-state index in [1.165, 1.54) is 11.0 Å². The van der Waals surface area contributed by atoms with Crippen molar-refractivity contribution < 1.29 is 18.7 Å². The van der Waals surface area contributed by atoms with E-state index >= 15 is 0 Å². The van der Waals surface area contributed by atoms with Gasteiger partial charge in [-0.05, 0) is 55.0 Å². The first-order valence-electron chi connectivity index (χ1n) is 8.42. The van der Waals surface area contributed by atoms with E-state index < -0.39 is 5.82 Å². The molecule has 0 unspecified atom stereocenters. The van der Waals surface area contributed by atoms with E-state index in [0.717, 1.165) is 11.1 Å². The third kappa shape index (κ3) is 4.09. The molecule has 1 N–H and O–H groups in total. The van der Waals surface area contributed by atoms with Gasteiger partial charge in [-0.25, -0.2) is 4.39 Å². The Morgan fingerprint density at radius 1 is 1.22 bits per heavy atom. The number of likely N-dealkylation sites (N-methyl/N-ethyl adjacent to an activating group) is 1. The lowest BCUT2D eigenvalue weighted by molar-refractivity contribution is -0.122. The maximum Gasteiger partial charge on any atom is 0.276 e. The minimum Gasteiger partial charge on any atom is -0.496 e. The molecule has 140 valence electrons. The highest BCUT2D eigenvalue weighted by Crippen LogP contribution is 2.25. The first-order valence-corrected chi connectivity index (χ1v) is 8.83. The largest absolute Gasteiger partial charge is 0.496 e. The van der Waals surface area contributed by atoms with Gasteiger partial charge in [0.05, 0.1) is 7.11 Å². The third-order valence-electron chi connectivity index (χ3n) is 4.11. The molecule has 2 aromatic rings. The number of benzene rings is 2. The van der Waals surface area contributed by atoms with Crippen LogP contribution >= 0.6 is 12.2 Å². The van der Waals surface area contributed by atoms with Gasteiger partial charge in [0.15, 0.2) is 16.7 Å². The number of nitrogens with zero attached hydrogens (tertiary/aromatic N) is 1. The summed E-state index contributed by atoms with van der Waals surface area (Å²) < 4.78 is 24.7. The average Bonchev–Trinajstić information content (AvgIpc) is 2.94. The molecule has 7 heteroatoms. The Hall–Kier alpha value is -2.93. The average molecular weight is 386 g/mol. The number of para-hydroxylation sites is 1. The monoisotopic (exact) mass is 386 g/mol.